The van der Waals surface area contributed by atoms with Gasteiger partial charge in [-0.05, 0) is 18.7 Å². The Balaban J connectivity index is 3.04. The molecule has 0 unspecified atom stereocenters. The minimum absolute atomic E-state index is 0.479. The summed E-state index contributed by atoms with van der Waals surface area (Å²) in [5.74, 6) is -0.801. The lowest BCUT2D eigenvalue weighted by Crippen LogP contribution is -2.05. The molecule has 0 aliphatic carbocycles. The molecule has 1 N–H and O–H groups in total. The highest BCUT2D eigenvalue weighted by atomic mass is 19.1. The summed E-state index contributed by atoms with van der Waals surface area (Å²) in [4.78, 5) is 9.60. The topological polar surface area (TPSA) is 55.2 Å². The molecule has 0 aromatic heterocycles. The van der Waals surface area contributed by atoms with E-state index in [-0.39, 0.29) is 0 Å². The molecule has 1 rings (SSSR count). The van der Waals surface area contributed by atoms with E-state index >= 15 is 0 Å². The fourth-order valence-corrected chi connectivity index (χ4v) is 1.01. The van der Waals surface area contributed by atoms with Crippen LogP contribution in [0.15, 0.2) is 18.2 Å². The number of nitro benzene ring substituents is 1. The van der Waals surface area contributed by atoms with Crippen molar-refractivity contribution in [1.29, 1.82) is 0 Å². The van der Waals surface area contributed by atoms with Gasteiger partial charge in [0.25, 0.3) is 0 Å². The predicted octanol–water partition coefficient (Wildman–Crippen LogP) is 1.45. The molecule has 1 aromatic rings. The summed E-state index contributed by atoms with van der Waals surface area (Å²) in [7, 11) is 1.72. The molecule has 0 aliphatic heterocycles. The van der Waals surface area contributed by atoms with Crippen molar-refractivity contribution in [2.45, 2.75) is 6.54 Å². The molecule has 1 aromatic carbocycles. The number of hydrogen-bond acceptors (Lipinski definition) is 3. The average Bonchev–Trinajstić information content (AvgIpc) is 2.08. The maximum absolute atomic E-state index is 12.8. The molecule has 0 bridgehead atoms. The number of rotatable bonds is 3. The Kier molecular flexibility index (Phi) is 2.92. The van der Waals surface area contributed by atoms with Crippen LogP contribution in [0.2, 0.25) is 0 Å². The highest BCUT2D eigenvalue weighted by Crippen LogP contribution is 2.18. The first-order chi connectivity index (χ1) is 6.15. The summed E-state index contributed by atoms with van der Waals surface area (Å²) < 4.78 is 12.8. The quantitative estimate of drug-likeness (QED) is 0.571. The first kappa shape index (κ1) is 9.60. The van der Waals surface area contributed by atoms with Gasteiger partial charge < -0.3 is 5.32 Å². The largest absolute Gasteiger partial charge is 0.316 e. The highest BCUT2D eigenvalue weighted by molar-refractivity contribution is 5.36. The van der Waals surface area contributed by atoms with E-state index in [9.17, 15) is 14.5 Å². The molecule has 13 heavy (non-hydrogen) atoms. The smallest absolute Gasteiger partial charge is 0.305 e. The van der Waals surface area contributed by atoms with Crippen LogP contribution in [0.5, 0.6) is 0 Å². The van der Waals surface area contributed by atoms with Crippen molar-refractivity contribution in [3.05, 3.63) is 39.7 Å². The monoisotopic (exact) mass is 184 g/mol. The van der Waals surface area contributed by atoms with Crippen LogP contribution >= 0.6 is 0 Å². The number of halogens is 1. The standard InChI is InChI=1S/C8H9FN2O2/c1-10-5-6-2-3-7(9)8(4-6)11(12)13/h2-4,10H,5H2,1H3. The molecule has 0 radical (unpaired) electrons. The van der Waals surface area contributed by atoms with Crippen molar-refractivity contribution in [2.75, 3.05) is 7.05 Å². The Morgan fingerprint density at radius 3 is 2.85 bits per heavy atom. The van der Waals surface area contributed by atoms with Crippen LogP contribution in [0.1, 0.15) is 5.56 Å². The number of nitrogens with zero attached hydrogens (tertiary/aromatic N) is 1. The molecule has 0 atom stereocenters. The maximum atomic E-state index is 12.8. The number of nitro groups is 1. The lowest BCUT2D eigenvalue weighted by molar-refractivity contribution is -0.387. The van der Waals surface area contributed by atoms with E-state index in [1.54, 1.807) is 7.05 Å². The molecule has 0 fully saturated rings. The van der Waals surface area contributed by atoms with Gasteiger partial charge in [-0.25, -0.2) is 0 Å². The molecule has 0 heterocycles. The van der Waals surface area contributed by atoms with Crippen molar-refractivity contribution in [1.82, 2.24) is 5.32 Å². The first-order valence-corrected chi connectivity index (χ1v) is 3.72. The second-order valence-corrected chi connectivity index (χ2v) is 2.57. The summed E-state index contributed by atoms with van der Waals surface area (Å²) in [6, 6.07) is 3.84. The van der Waals surface area contributed by atoms with Crippen LogP contribution in [0.25, 0.3) is 0 Å². The Morgan fingerprint density at radius 1 is 1.62 bits per heavy atom. The van der Waals surface area contributed by atoms with E-state index in [0.29, 0.717) is 12.1 Å². The van der Waals surface area contributed by atoms with Crippen molar-refractivity contribution < 1.29 is 9.31 Å². The summed E-state index contributed by atoms with van der Waals surface area (Å²) in [6.45, 7) is 0.487. The average molecular weight is 184 g/mol. The minimum atomic E-state index is -0.801. The third-order valence-electron chi connectivity index (χ3n) is 1.59. The van der Waals surface area contributed by atoms with E-state index < -0.39 is 16.4 Å². The SMILES string of the molecule is CNCc1ccc(F)c([N+](=O)[O-])c1. The molecular formula is C8H9FN2O2. The van der Waals surface area contributed by atoms with Gasteiger partial charge in [0.2, 0.25) is 5.82 Å². The summed E-state index contributed by atoms with van der Waals surface area (Å²) in [6.07, 6.45) is 0. The molecular weight excluding hydrogens is 175 g/mol. The van der Waals surface area contributed by atoms with E-state index in [1.807, 2.05) is 0 Å². The molecule has 0 amide bonds. The van der Waals surface area contributed by atoms with Crippen LogP contribution in [0.4, 0.5) is 10.1 Å². The Bertz CT molecular complexity index is 328. The van der Waals surface area contributed by atoms with Gasteiger partial charge in [0.1, 0.15) is 0 Å². The van der Waals surface area contributed by atoms with Gasteiger partial charge in [-0.15, -0.1) is 0 Å². The normalized spacial score (nSPS) is 10.0. The second-order valence-electron chi connectivity index (χ2n) is 2.57. The molecule has 0 saturated heterocycles. The summed E-state index contributed by atoms with van der Waals surface area (Å²) in [5.41, 5.74) is 0.211. The predicted molar refractivity (Wildman–Crippen MR) is 45.8 cm³/mol. The maximum Gasteiger partial charge on any atom is 0.305 e. The molecule has 5 heteroatoms. The van der Waals surface area contributed by atoms with Gasteiger partial charge in [-0.3, -0.25) is 10.1 Å². The number of nitrogens with one attached hydrogen (secondary N) is 1. The van der Waals surface area contributed by atoms with Gasteiger partial charge in [0.05, 0.1) is 4.92 Å². The van der Waals surface area contributed by atoms with Crippen molar-refractivity contribution >= 4 is 5.69 Å². The van der Waals surface area contributed by atoms with Gasteiger partial charge >= 0.3 is 5.69 Å². The van der Waals surface area contributed by atoms with Gasteiger partial charge in [-0.2, -0.15) is 4.39 Å². The first-order valence-electron chi connectivity index (χ1n) is 3.72. The zero-order chi connectivity index (χ0) is 9.84. The Morgan fingerprint density at radius 2 is 2.31 bits per heavy atom. The van der Waals surface area contributed by atoms with E-state index in [0.717, 1.165) is 6.07 Å². The fraction of sp³-hybridized carbons (Fsp3) is 0.250. The summed E-state index contributed by atoms with van der Waals surface area (Å²) in [5, 5.41) is 13.1. The molecule has 0 aliphatic rings. The van der Waals surface area contributed by atoms with E-state index in [4.69, 9.17) is 0 Å². The van der Waals surface area contributed by atoms with Crippen LogP contribution < -0.4 is 5.32 Å². The third-order valence-corrected chi connectivity index (χ3v) is 1.59. The zero-order valence-electron chi connectivity index (χ0n) is 7.08. The second kappa shape index (κ2) is 3.95. The Hall–Kier alpha value is -1.49. The number of benzene rings is 1. The van der Waals surface area contributed by atoms with Gasteiger partial charge in [-0.1, -0.05) is 6.07 Å². The van der Waals surface area contributed by atoms with E-state index in [2.05, 4.69) is 5.32 Å². The molecule has 0 spiro atoms. The Labute approximate surface area is 74.5 Å². The van der Waals surface area contributed by atoms with Crippen LogP contribution in [-0.2, 0) is 6.54 Å². The van der Waals surface area contributed by atoms with Gasteiger partial charge in [0.15, 0.2) is 0 Å². The van der Waals surface area contributed by atoms with Crippen molar-refractivity contribution in [2.24, 2.45) is 0 Å². The highest BCUT2D eigenvalue weighted by Gasteiger charge is 2.13. The summed E-state index contributed by atoms with van der Waals surface area (Å²) >= 11 is 0. The van der Waals surface area contributed by atoms with Crippen molar-refractivity contribution in [3.63, 3.8) is 0 Å². The lowest BCUT2D eigenvalue weighted by Gasteiger charge is -1.99. The number of hydrogen-bond donors (Lipinski definition) is 1. The lowest BCUT2D eigenvalue weighted by atomic mass is 10.2. The molecule has 4 nitrogen and oxygen atoms in total. The van der Waals surface area contributed by atoms with E-state index in [1.165, 1.54) is 12.1 Å². The van der Waals surface area contributed by atoms with Gasteiger partial charge in [0, 0.05) is 12.6 Å². The van der Waals surface area contributed by atoms with Crippen molar-refractivity contribution in [3.8, 4) is 0 Å². The van der Waals surface area contributed by atoms with Crippen LogP contribution in [0.3, 0.4) is 0 Å². The fourth-order valence-electron chi connectivity index (χ4n) is 1.01. The molecule has 0 saturated carbocycles. The third kappa shape index (κ3) is 2.22. The van der Waals surface area contributed by atoms with Crippen LogP contribution in [0, 0.1) is 15.9 Å². The zero-order valence-corrected chi connectivity index (χ0v) is 7.08. The van der Waals surface area contributed by atoms with Crippen LogP contribution in [-0.4, -0.2) is 12.0 Å². The molecule has 70 valence electrons. The minimum Gasteiger partial charge on any atom is -0.316 e.